The van der Waals surface area contributed by atoms with E-state index in [0.717, 1.165) is 43.0 Å². The van der Waals surface area contributed by atoms with Gasteiger partial charge in [0.1, 0.15) is 0 Å². The van der Waals surface area contributed by atoms with Crippen molar-refractivity contribution in [1.82, 2.24) is 9.88 Å². The maximum Gasteiger partial charge on any atom is 0.417 e. The van der Waals surface area contributed by atoms with Crippen LogP contribution < -0.4 is 5.32 Å². The van der Waals surface area contributed by atoms with Crippen LogP contribution in [0.15, 0.2) is 42.5 Å². The fourth-order valence-corrected chi connectivity index (χ4v) is 3.66. The van der Waals surface area contributed by atoms with Gasteiger partial charge in [-0.15, -0.1) is 0 Å². The highest BCUT2D eigenvalue weighted by Crippen LogP contribution is 2.39. The average molecular weight is 365 g/mol. The summed E-state index contributed by atoms with van der Waals surface area (Å²) in [5.74, 6) is 0. The van der Waals surface area contributed by atoms with Crippen molar-refractivity contribution >= 4 is 22.5 Å². The van der Waals surface area contributed by atoms with E-state index in [4.69, 9.17) is 11.6 Å². The summed E-state index contributed by atoms with van der Waals surface area (Å²) in [5.41, 5.74) is 2.18. The van der Waals surface area contributed by atoms with Crippen LogP contribution in [0.5, 0.6) is 0 Å². The molecular weight excluding hydrogens is 349 g/mol. The van der Waals surface area contributed by atoms with Gasteiger partial charge in [-0.25, -0.2) is 0 Å². The monoisotopic (exact) mass is 364 g/mol. The van der Waals surface area contributed by atoms with E-state index >= 15 is 0 Å². The zero-order valence-electron chi connectivity index (χ0n) is 13.3. The summed E-state index contributed by atoms with van der Waals surface area (Å²) in [4.78, 5) is 0. The number of rotatable bonds is 1. The lowest BCUT2D eigenvalue weighted by atomic mass is 9.98. The summed E-state index contributed by atoms with van der Waals surface area (Å²) in [5, 5.41) is 4.48. The molecule has 0 spiro atoms. The van der Waals surface area contributed by atoms with Gasteiger partial charge in [0.2, 0.25) is 0 Å². The minimum Gasteiger partial charge on any atom is -0.343 e. The lowest BCUT2D eigenvalue weighted by Crippen LogP contribution is -2.17. The Hall–Kier alpha value is -1.98. The van der Waals surface area contributed by atoms with Gasteiger partial charge in [-0.2, -0.15) is 13.2 Å². The molecule has 0 saturated heterocycles. The van der Waals surface area contributed by atoms with Crippen molar-refractivity contribution in [3.8, 4) is 11.1 Å². The minimum atomic E-state index is -4.45. The van der Waals surface area contributed by atoms with Gasteiger partial charge in [0.25, 0.3) is 0 Å². The van der Waals surface area contributed by atoms with Crippen molar-refractivity contribution in [2.24, 2.45) is 0 Å². The van der Waals surface area contributed by atoms with Gasteiger partial charge < -0.3 is 9.88 Å². The number of aromatic nitrogens is 1. The van der Waals surface area contributed by atoms with Gasteiger partial charge in [-0.3, -0.25) is 0 Å². The molecule has 2 aromatic carbocycles. The summed E-state index contributed by atoms with van der Waals surface area (Å²) < 4.78 is 42.5. The van der Waals surface area contributed by atoms with E-state index in [1.807, 2.05) is 12.1 Å². The lowest BCUT2D eigenvalue weighted by Gasteiger charge is -2.14. The van der Waals surface area contributed by atoms with Crippen molar-refractivity contribution < 1.29 is 13.2 Å². The number of fused-ring (bicyclic) bond motifs is 3. The molecule has 6 heteroatoms. The third-order valence-electron chi connectivity index (χ3n) is 4.66. The van der Waals surface area contributed by atoms with Crippen LogP contribution in [0.25, 0.3) is 22.0 Å². The van der Waals surface area contributed by atoms with Crippen LogP contribution in [-0.2, 0) is 19.1 Å². The van der Waals surface area contributed by atoms with Gasteiger partial charge in [0.15, 0.2) is 0 Å². The topological polar surface area (TPSA) is 17.0 Å². The second-order valence-electron chi connectivity index (χ2n) is 6.25. The van der Waals surface area contributed by atoms with Crippen LogP contribution in [0.2, 0.25) is 5.02 Å². The largest absolute Gasteiger partial charge is 0.417 e. The number of benzene rings is 2. The lowest BCUT2D eigenvalue weighted by molar-refractivity contribution is -0.137. The van der Waals surface area contributed by atoms with Crippen molar-refractivity contribution in [1.29, 1.82) is 0 Å². The molecule has 0 atom stereocenters. The molecule has 1 N–H and O–H groups in total. The number of alkyl halides is 3. The maximum atomic E-state index is 13.4. The molecule has 0 saturated carbocycles. The molecule has 0 radical (unpaired) electrons. The molecule has 2 heterocycles. The molecule has 1 aliphatic rings. The molecule has 0 aliphatic carbocycles. The van der Waals surface area contributed by atoms with Gasteiger partial charge in [-0.1, -0.05) is 29.8 Å². The molecule has 25 heavy (non-hydrogen) atoms. The number of nitrogens with one attached hydrogen (secondary N) is 1. The predicted octanol–water partition coefficient (Wildman–Crippen LogP) is 5.13. The van der Waals surface area contributed by atoms with Gasteiger partial charge in [-0.05, 0) is 40.8 Å². The first-order chi connectivity index (χ1) is 11.9. The van der Waals surface area contributed by atoms with Gasteiger partial charge in [0.05, 0.1) is 5.56 Å². The summed E-state index contributed by atoms with van der Waals surface area (Å²) in [7, 11) is 0. The van der Waals surface area contributed by atoms with Crippen LogP contribution in [-0.4, -0.2) is 17.7 Å². The smallest absolute Gasteiger partial charge is 0.343 e. The fourth-order valence-electron chi connectivity index (χ4n) is 3.49. The fraction of sp³-hybridized carbons (Fsp3) is 0.263. The number of hydrogen-bond acceptors (Lipinski definition) is 1. The van der Waals surface area contributed by atoms with Crippen LogP contribution in [0.1, 0.15) is 11.3 Å². The Kier molecular flexibility index (Phi) is 4.01. The standard InChI is InChI=1S/C19H16ClF3N2/c20-14-3-4-16(17(11-14)19(21,22)23)12-1-2-13-9-15-5-6-24-7-8-25(15)18(13)10-12/h1-4,9-11,24H,5-8H2. The molecule has 1 aliphatic heterocycles. The first kappa shape index (κ1) is 16.5. The molecule has 1 aromatic heterocycles. The zero-order valence-corrected chi connectivity index (χ0v) is 14.1. The van der Waals surface area contributed by atoms with Crippen molar-refractivity contribution in [2.75, 3.05) is 13.1 Å². The highest BCUT2D eigenvalue weighted by atomic mass is 35.5. The Labute approximate surface area is 148 Å². The molecule has 2 nitrogen and oxygen atoms in total. The molecular formula is C19H16ClF3N2. The summed E-state index contributed by atoms with van der Waals surface area (Å²) >= 11 is 5.79. The van der Waals surface area contributed by atoms with Gasteiger partial charge in [0, 0.05) is 42.3 Å². The Morgan fingerprint density at radius 3 is 2.64 bits per heavy atom. The molecule has 0 fully saturated rings. The van der Waals surface area contributed by atoms with E-state index in [-0.39, 0.29) is 10.6 Å². The maximum absolute atomic E-state index is 13.4. The normalized spacial score (nSPS) is 15.2. The van der Waals surface area contributed by atoms with E-state index in [9.17, 15) is 13.2 Å². The second kappa shape index (κ2) is 6.07. The van der Waals surface area contributed by atoms with E-state index in [2.05, 4.69) is 16.0 Å². The van der Waals surface area contributed by atoms with Crippen LogP contribution in [0.3, 0.4) is 0 Å². The molecule has 0 amide bonds. The molecule has 3 aromatic rings. The summed E-state index contributed by atoms with van der Waals surface area (Å²) in [6.45, 7) is 2.59. The number of hydrogen-bond donors (Lipinski definition) is 1. The van der Waals surface area contributed by atoms with Crippen LogP contribution in [0, 0.1) is 0 Å². The summed E-state index contributed by atoms with van der Waals surface area (Å²) in [6.07, 6.45) is -3.53. The number of halogens is 4. The van der Waals surface area contributed by atoms with Gasteiger partial charge >= 0.3 is 6.18 Å². The van der Waals surface area contributed by atoms with Crippen molar-refractivity contribution in [2.45, 2.75) is 19.1 Å². The zero-order chi connectivity index (χ0) is 17.6. The van der Waals surface area contributed by atoms with Crippen LogP contribution in [0.4, 0.5) is 13.2 Å². The first-order valence-corrected chi connectivity index (χ1v) is 8.51. The Morgan fingerprint density at radius 2 is 1.84 bits per heavy atom. The Morgan fingerprint density at radius 1 is 1.00 bits per heavy atom. The SMILES string of the molecule is FC(F)(F)c1cc(Cl)ccc1-c1ccc2cc3n(c2c1)CCNCC3. The third kappa shape index (κ3) is 3.02. The minimum absolute atomic E-state index is 0.0831. The first-order valence-electron chi connectivity index (χ1n) is 8.13. The van der Waals surface area contributed by atoms with E-state index in [1.54, 1.807) is 6.07 Å². The molecule has 4 rings (SSSR count). The number of nitrogens with zero attached hydrogens (tertiary/aromatic N) is 1. The summed E-state index contributed by atoms with van der Waals surface area (Å²) in [6, 6.07) is 11.6. The van der Waals surface area contributed by atoms with Crippen molar-refractivity contribution in [3.63, 3.8) is 0 Å². The third-order valence-corrected chi connectivity index (χ3v) is 4.89. The molecule has 0 unspecified atom stereocenters. The molecule has 130 valence electrons. The predicted molar refractivity (Wildman–Crippen MR) is 94.0 cm³/mol. The quantitative estimate of drug-likeness (QED) is 0.633. The van der Waals surface area contributed by atoms with E-state index in [1.165, 1.54) is 17.8 Å². The highest BCUT2D eigenvalue weighted by Gasteiger charge is 2.34. The van der Waals surface area contributed by atoms with E-state index < -0.39 is 11.7 Å². The van der Waals surface area contributed by atoms with E-state index in [0.29, 0.717) is 5.56 Å². The molecule has 0 bridgehead atoms. The highest BCUT2D eigenvalue weighted by molar-refractivity contribution is 6.30. The van der Waals surface area contributed by atoms with Crippen LogP contribution >= 0.6 is 11.6 Å². The second-order valence-corrected chi connectivity index (χ2v) is 6.69. The van der Waals surface area contributed by atoms with Crippen molar-refractivity contribution in [3.05, 3.63) is 58.7 Å². The Balaban J connectivity index is 1.90. The Bertz CT molecular complexity index is 944. The average Bonchev–Trinajstić information content (AvgIpc) is 2.74.